The first-order valence-electron chi connectivity index (χ1n) is 11.5. The quantitative estimate of drug-likeness (QED) is 0.534. The summed E-state index contributed by atoms with van der Waals surface area (Å²) >= 11 is 0. The van der Waals surface area contributed by atoms with Gasteiger partial charge in [0.2, 0.25) is 11.8 Å². The Labute approximate surface area is 193 Å². The molecular formula is C24H31N3O6. The minimum Gasteiger partial charge on any atom is -0.481 e. The van der Waals surface area contributed by atoms with Crippen LogP contribution in [-0.2, 0) is 25.7 Å². The number of hydrogen-bond donors (Lipinski definition) is 1. The Kier molecular flexibility index (Phi) is 6.32. The van der Waals surface area contributed by atoms with E-state index >= 15 is 0 Å². The molecule has 1 unspecified atom stereocenters. The molecular weight excluding hydrogens is 426 g/mol. The number of ether oxygens (including phenoxy) is 2. The second-order valence-corrected chi connectivity index (χ2v) is 9.79. The molecule has 0 bridgehead atoms. The monoisotopic (exact) mass is 457 g/mol. The van der Waals surface area contributed by atoms with E-state index in [1.165, 1.54) is 11.3 Å². The standard InChI is InChI=1S/C24H31N3O6/c1-24(2,3)33-21(29)14-32-19-12-15(26-9-5-4-6-10-26)11-16-17(19)13-27(23(16)31)18-7-8-20(28)25-22(18)30/h11-12,18H,4-10,13-14H2,1-3H3,(H,25,28,30). The van der Waals surface area contributed by atoms with Crippen LogP contribution in [0, 0.1) is 0 Å². The Morgan fingerprint density at radius 1 is 1.12 bits per heavy atom. The SMILES string of the molecule is CC(C)(C)OC(=O)COc1cc(N2CCCCC2)cc2c1CN(C1CCC(=O)NC1=O)C2=O. The summed E-state index contributed by atoms with van der Waals surface area (Å²) in [6.45, 7) is 7.04. The lowest BCUT2D eigenvalue weighted by atomic mass is 10.0. The van der Waals surface area contributed by atoms with Gasteiger partial charge in [0.15, 0.2) is 6.61 Å². The van der Waals surface area contributed by atoms with Gasteiger partial charge in [-0.05, 0) is 52.5 Å². The highest BCUT2D eigenvalue weighted by atomic mass is 16.6. The van der Waals surface area contributed by atoms with Gasteiger partial charge < -0.3 is 19.3 Å². The van der Waals surface area contributed by atoms with Crippen molar-refractivity contribution in [1.29, 1.82) is 0 Å². The molecule has 1 aromatic carbocycles. The van der Waals surface area contributed by atoms with Gasteiger partial charge in [0, 0.05) is 36.8 Å². The van der Waals surface area contributed by atoms with E-state index < -0.39 is 23.5 Å². The number of rotatable bonds is 5. The van der Waals surface area contributed by atoms with Crippen LogP contribution in [-0.4, -0.2) is 59.9 Å². The van der Waals surface area contributed by atoms with Crippen LogP contribution < -0.4 is 15.0 Å². The lowest BCUT2D eigenvalue weighted by Crippen LogP contribution is -2.52. The fraction of sp³-hybridized carbons (Fsp3) is 0.583. The molecule has 0 aliphatic carbocycles. The molecule has 2 fully saturated rings. The maximum atomic E-state index is 13.3. The zero-order chi connectivity index (χ0) is 23.8. The molecule has 2 saturated heterocycles. The minimum atomic E-state index is -0.709. The van der Waals surface area contributed by atoms with Crippen LogP contribution >= 0.6 is 0 Å². The largest absolute Gasteiger partial charge is 0.481 e. The summed E-state index contributed by atoms with van der Waals surface area (Å²) in [6, 6.07) is 3.02. The predicted octanol–water partition coefficient (Wildman–Crippen LogP) is 2.16. The summed E-state index contributed by atoms with van der Waals surface area (Å²) in [5, 5.41) is 2.32. The highest BCUT2D eigenvalue weighted by molar-refractivity contribution is 6.06. The number of carbonyl (C=O) groups is 4. The number of nitrogens with one attached hydrogen (secondary N) is 1. The number of imide groups is 1. The molecule has 9 heteroatoms. The van der Waals surface area contributed by atoms with Crippen LogP contribution in [0.3, 0.4) is 0 Å². The van der Waals surface area contributed by atoms with Crippen molar-refractivity contribution in [2.75, 3.05) is 24.6 Å². The number of esters is 1. The van der Waals surface area contributed by atoms with Crippen molar-refractivity contribution in [3.63, 3.8) is 0 Å². The fourth-order valence-electron chi connectivity index (χ4n) is 4.58. The summed E-state index contributed by atoms with van der Waals surface area (Å²) in [4.78, 5) is 53.2. The molecule has 0 radical (unpaired) electrons. The summed E-state index contributed by atoms with van der Waals surface area (Å²) in [5.74, 6) is -1.09. The molecule has 178 valence electrons. The normalized spacial score (nSPS) is 21.1. The van der Waals surface area contributed by atoms with E-state index in [0.29, 0.717) is 16.9 Å². The molecule has 4 rings (SSSR count). The van der Waals surface area contributed by atoms with Crippen molar-refractivity contribution in [2.24, 2.45) is 0 Å². The molecule has 1 N–H and O–H groups in total. The van der Waals surface area contributed by atoms with E-state index in [0.717, 1.165) is 31.6 Å². The Hall–Kier alpha value is -3.10. The first kappa shape index (κ1) is 23.1. The van der Waals surface area contributed by atoms with Crippen LogP contribution in [0.25, 0.3) is 0 Å². The average Bonchev–Trinajstić information content (AvgIpc) is 3.08. The van der Waals surface area contributed by atoms with Gasteiger partial charge in [-0.3, -0.25) is 19.7 Å². The third kappa shape index (κ3) is 5.12. The van der Waals surface area contributed by atoms with Crippen molar-refractivity contribution < 1.29 is 28.7 Å². The highest BCUT2D eigenvalue weighted by Gasteiger charge is 2.41. The first-order chi connectivity index (χ1) is 15.6. The summed E-state index contributed by atoms with van der Waals surface area (Å²) in [7, 11) is 0. The van der Waals surface area contributed by atoms with Gasteiger partial charge >= 0.3 is 5.97 Å². The van der Waals surface area contributed by atoms with Gasteiger partial charge in [-0.15, -0.1) is 0 Å². The Bertz CT molecular complexity index is 977. The smallest absolute Gasteiger partial charge is 0.344 e. The molecule has 0 aromatic heterocycles. The molecule has 33 heavy (non-hydrogen) atoms. The number of fused-ring (bicyclic) bond motifs is 1. The van der Waals surface area contributed by atoms with Crippen molar-refractivity contribution in [3.8, 4) is 5.75 Å². The van der Waals surface area contributed by atoms with E-state index in [1.54, 1.807) is 20.8 Å². The fourth-order valence-corrected chi connectivity index (χ4v) is 4.58. The van der Waals surface area contributed by atoms with E-state index in [9.17, 15) is 19.2 Å². The summed E-state index contributed by atoms with van der Waals surface area (Å²) in [6.07, 6.45) is 3.80. The second kappa shape index (κ2) is 9.03. The van der Waals surface area contributed by atoms with Gasteiger partial charge in [0.25, 0.3) is 5.91 Å². The van der Waals surface area contributed by atoms with Gasteiger partial charge in [-0.25, -0.2) is 4.79 Å². The van der Waals surface area contributed by atoms with Crippen molar-refractivity contribution in [2.45, 2.75) is 71.1 Å². The maximum absolute atomic E-state index is 13.3. The minimum absolute atomic E-state index is 0.185. The zero-order valence-corrected chi connectivity index (χ0v) is 19.4. The number of amides is 3. The van der Waals surface area contributed by atoms with Gasteiger partial charge in [0.1, 0.15) is 17.4 Å². The van der Waals surface area contributed by atoms with Crippen molar-refractivity contribution in [1.82, 2.24) is 10.2 Å². The first-order valence-corrected chi connectivity index (χ1v) is 11.5. The summed E-state index contributed by atoms with van der Waals surface area (Å²) in [5.41, 5.74) is 1.36. The molecule has 0 saturated carbocycles. The maximum Gasteiger partial charge on any atom is 0.344 e. The average molecular weight is 458 g/mol. The molecule has 9 nitrogen and oxygen atoms in total. The van der Waals surface area contributed by atoms with Crippen molar-refractivity contribution in [3.05, 3.63) is 23.3 Å². The number of piperidine rings is 2. The Morgan fingerprint density at radius 3 is 2.52 bits per heavy atom. The van der Waals surface area contributed by atoms with Crippen LogP contribution in [0.2, 0.25) is 0 Å². The van der Waals surface area contributed by atoms with Gasteiger partial charge in [-0.1, -0.05) is 0 Å². The second-order valence-electron chi connectivity index (χ2n) is 9.79. The van der Waals surface area contributed by atoms with Crippen LogP contribution in [0.1, 0.15) is 68.8 Å². The number of nitrogens with zero attached hydrogens (tertiary/aromatic N) is 2. The highest BCUT2D eigenvalue weighted by Crippen LogP contribution is 2.38. The molecule has 3 amide bonds. The van der Waals surface area contributed by atoms with Gasteiger partial charge in [-0.2, -0.15) is 0 Å². The molecule has 0 spiro atoms. The lowest BCUT2D eigenvalue weighted by molar-refractivity contribution is -0.157. The van der Waals surface area contributed by atoms with E-state index in [4.69, 9.17) is 9.47 Å². The molecule has 3 aliphatic heterocycles. The Morgan fingerprint density at radius 2 is 1.85 bits per heavy atom. The number of benzene rings is 1. The van der Waals surface area contributed by atoms with Crippen LogP contribution in [0.5, 0.6) is 5.75 Å². The zero-order valence-electron chi connectivity index (χ0n) is 19.4. The van der Waals surface area contributed by atoms with E-state index in [1.807, 2.05) is 12.1 Å². The number of hydrogen-bond acceptors (Lipinski definition) is 7. The van der Waals surface area contributed by atoms with Crippen LogP contribution in [0.4, 0.5) is 5.69 Å². The van der Waals surface area contributed by atoms with Crippen molar-refractivity contribution >= 4 is 29.4 Å². The van der Waals surface area contributed by atoms with Crippen LogP contribution in [0.15, 0.2) is 12.1 Å². The molecule has 1 atom stereocenters. The molecule has 3 heterocycles. The predicted molar refractivity (Wildman–Crippen MR) is 120 cm³/mol. The third-order valence-corrected chi connectivity index (χ3v) is 6.09. The topological polar surface area (TPSA) is 105 Å². The molecule has 3 aliphatic rings. The van der Waals surface area contributed by atoms with E-state index in [-0.39, 0.29) is 37.8 Å². The third-order valence-electron chi connectivity index (χ3n) is 6.09. The van der Waals surface area contributed by atoms with Gasteiger partial charge in [0.05, 0.1) is 12.1 Å². The molecule has 1 aromatic rings. The Balaban J connectivity index is 1.61. The summed E-state index contributed by atoms with van der Waals surface area (Å²) < 4.78 is 11.2. The van der Waals surface area contributed by atoms with E-state index in [2.05, 4.69) is 10.2 Å². The lowest BCUT2D eigenvalue weighted by Gasteiger charge is -2.29. The number of carbonyl (C=O) groups excluding carboxylic acids is 4. The number of anilines is 1.